The molecule has 2 unspecified atom stereocenters. The van der Waals surface area contributed by atoms with Crippen LogP contribution in [0.3, 0.4) is 0 Å². The van der Waals surface area contributed by atoms with Crippen LogP contribution < -0.4 is 0 Å². The lowest BCUT2D eigenvalue weighted by Gasteiger charge is -2.17. The molecule has 0 aromatic rings. The maximum Gasteiger partial charge on any atom is 0.337 e. The molecule has 0 aromatic heterocycles. The quantitative estimate of drug-likeness (QED) is 0.640. The van der Waals surface area contributed by atoms with Crippen molar-refractivity contribution in [2.45, 2.75) is 29.2 Å². The molecule has 6 heteroatoms. The standard InChI is InChI=1S/C5H6Br2F2O2/c1-3(2)10-4(6,8)5(7,9)11-3/h1-2H3. The van der Waals surface area contributed by atoms with Gasteiger partial charge in [0.05, 0.1) is 0 Å². The minimum Gasteiger partial charge on any atom is -0.300 e. The van der Waals surface area contributed by atoms with Crippen molar-refractivity contribution in [1.82, 2.24) is 0 Å². The smallest absolute Gasteiger partial charge is 0.300 e. The van der Waals surface area contributed by atoms with Crippen molar-refractivity contribution >= 4 is 31.9 Å². The van der Waals surface area contributed by atoms with E-state index in [0.29, 0.717) is 0 Å². The highest BCUT2D eigenvalue weighted by Crippen LogP contribution is 2.53. The molecular formula is C5H6Br2F2O2. The van der Waals surface area contributed by atoms with Gasteiger partial charge in [0.1, 0.15) is 0 Å². The largest absolute Gasteiger partial charge is 0.337 e. The molecule has 66 valence electrons. The Morgan fingerprint density at radius 1 is 1.00 bits per heavy atom. The van der Waals surface area contributed by atoms with Gasteiger partial charge in [0.25, 0.3) is 0 Å². The zero-order valence-corrected chi connectivity index (χ0v) is 9.00. The van der Waals surface area contributed by atoms with Crippen molar-refractivity contribution in [2.75, 3.05) is 0 Å². The van der Waals surface area contributed by atoms with E-state index in [-0.39, 0.29) is 0 Å². The molecule has 1 aliphatic rings. The molecule has 0 spiro atoms. The maximum atomic E-state index is 13.0. The lowest BCUT2D eigenvalue weighted by atomic mass is 10.4. The summed E-state index contributed by atoms with van der Waals surface area (Å²) in [7, 11) is 0. The van der Waals surface area contributed by atoms with Gasteiger partial charge >= 0.3 is 9.53 Å². The molecule has 1 saturated heterocycles. The van der Waals surface area contributed by atoms with Gasteiger partial charge in [-0.3, -0.25) is 0 Å². The fraction of sp³-hybridized carbons (Fsp3) is 1.00. The van der Waals surface area contributed by atoms with Crippen LogP contribution in [0.25, 0.3) is 0 Å². The third kappa shape index (κ3) is 1.74. The topological polar surface area (TPSA) is 18.5 Å². The average Bonchev–Trinajstić information content (AvgIpc) is 1.66. The van der Waals surface area contributed by atoms with Crippen molar-refractivity contribution in [3.05, 3.63) is 0 Å². The predicted octanol–water partition coefficient (Wildman–Crippen LogP) is 2.81. The first kappa shape index (κ1) is 9.83. The predicted molar refractivity (Wildman–Crippen MR) is 41.8 cm³/mol. The Balaban J connectivity index is 2.89. The van der Waals surface area contributed by atoms with Crippen LogP contribution in [0.5, 0.6) is 0 Å². The van der Waals surface area contributed by atoms with Crippen LogP contribution in [0.4, 0.5) is 8.78 Å². The molecule has 0 radical (unpaired) electrons. The third-order valence-corrected chi connectivity index (χ3v) is 2.96. The molecule has 2 nitrogen and oxygen atoms in total. The van der Waals surface area contributed by atoms with E-state index in [1.807, 2.05) is 0 Å². The summed E-state index contributed by atoms with van der Waals surface area (Å²) in [6.45, 7) is 2.82. The zero-order chi connectivity index (χ0) is 8.91. The zero-order valence-electron chi connectivity index (χ0n) is 5.83. The number of ether oxygens (including phenoxy) is 2. The first-order chi connectivity index (χ1) is 4.66. The van der Waals surface area contributed by atoms with Gasteiger partial charge < -0.3 is 9.47 Å². The Labute approximate surface area is 79.5 Å². The summed E-state index contributed by atoms with van der Waals surface area (Å²) >= 11 is 4.81. The van der Waals surface area contributed by atoms with Crippen molar-refractivity contribution in [2.24, 2.45) is 0 Å². The SMILES string of the molecule is CC1(C)OC(F)(Br)C(F)(Br)O1. The monoisotopic (exact) mass is 294 g/mol. The molecule has 2 atom stereocenters. The molecule has 1 fully saturated rings. The Hall–Kier alpha value is 0.740. The van der Waals surface area contributed by atoms with Crippen molar-refractivity contribution < 1.29 is 18.3 Å². The maximum absolute atomic E-state index is 13.0. The molecule has 1 heterocycles. The van der Waals surface area contributed by atoms with Crippen molar-refractivity contribution in [1.29, 1.82) is 0 Å². The van der Waals surface area contributed by atoms with Gasteiger partial charge in [0.2, 0.25) is 0 Å². The molecule has 0 N–H and O–H groups in total. The first-order valence-electron chi connectivity index (χ1n) is 2.82. The van der Waals surface area contributed by atoms with E-state index in [9.17, 15) is 8.78 Å². The highest BCUT2D eigenvalue weighted by atomic mass is 79.9. The fourth-order valence-electron chi connectivity index (χ4n) is 0.757. The van der Waals surface area contributed by atoms with Gasteiger partial charge in [-0.15, -0.1) is 0 Å². The van der Waals surface area contributed by atoms with E-state index in [2.05, 4.69) is 41.3 Å². The van der Waals surface area contributed by atoms with Gasteiger partial charge in [-0.1, -0.05) is 0 Å². The lowest BCUT2D eigenvalue weighted by Crippen LogP contribution is -2.33. The molecule has 0 bridgehead atoms. The molecule has 0 aliphatic carbocycles. The van der Waals surface area contributed by atoms with Crippen LogP contribution in [0.2, 0.25) is 0 Å². The molecule has 11 heavy (non-hydrogen) atoms. The van der Waals surface area contributed by atoms with Gasteiger partial charge in [0.15, 0.2) is 5.79 Å². The van der Waals surface area contributed by atoms with Crippen LogP contribution in [-0.4, -0.2) is 15.3 Å². The Bertz CT molecular complexity index is 163. The third-order valence-electron chi connectivity index (χ3n) is 1.09. The van der Waals surface area contributed by atoms with Gasteiger partial charge in [-0.05, 0) is 45.7 Å². The van der Waals surface area contributed by atoms with Gasteiger partial charge in [0, 0.05) is 0 Å². The molecule has 1 aliphatic heterocycles. The summed E-state index contributed by atoms with van der Waals surface area (Å²) in [6.07, 6.45) is 0. The van der Waals surface area contributed by atoms with E-state index in [1.165, 1.54) is 13.8 Å². The summed E-state index contributed by atoms with van der Waals surface area (Å²) in [4.78, 5) is 0. The summed E-state index contributed by atoms with van der Waals surface area (Å²) < 4.78 is 29.9. The average molecular weight is 296 g/mol. The Morgan fingerprint density at radius 2 is 1.27 bits per heavy atom. The minimum absolute atomic E-state index is 1.28. The fourth-order valence-corrected chi connectivity index (χ4v) is 1.70. The van der Waals surface area contributed by atoms with Gasteiger partial charge in [-0.25, -0.2) is 0 Å². The minimum atomic E-state index is -2.64. The normalized spacial score (nSPS) is 49.6. The first-order valence-corrected chi connectivity index (χ1v) is 4.41. The Kier molecular flexibility index (Phi) is 2.12. The molecule has 0 aromatic carbocycles. The lowest BCUT2D eigenvalue weighted by molar-refractivity contribution is -0.172. The molecule has 0 amide bonds. The van der Waals surface area contributed by atoms with Crippen molar-refractivity contribution in [3.8, 4) is 0 Å². The van der Waals surface area contributed by atoms with E-state index in [1.54, 1.807) is 0 Å². The van der Waals surface area contributed by atoms with Gasteiger partial charge in [-0.2, -0.15) is 8.78 Å². The molecular weight excluding hydrogens is 290 g/mol. The number of hydrogen-bond donors (Lipinski definition) is 0. The van der Waals surface area contributed by atoms with E-state index in [0.717, 1.165) is 0 Å². The van der Waals surface area contributed by atoms with E-state index in [4.69, 9.17) is 0 Å². The van der Waals surface area contributed by atoms with Crippen LogP contribution in [-0.2, 0) is 9.47 Å². The van der Waals surface area contributed by atoms with Crippen molar-refractivity contribution in [3.63, 3.8) is 0 Å². The summed E-state index contributed by atoms with van der Waals surface area (Å²) in [5, 5.41) is 0. The van der Waals surface area contributed by atoms with Crippen LogP contribution >= 0.6 is 31.9 Å². The summed E-state index contributed by atoms with van der Waals surface area (Å²) in [5.74, 6) is -1.28. The van der Waals surface area contributed by atoms with Crippen LogP contribution in [0.1, 0.15) is 13.8 Å². The second kappa shape index (κ2) is 2.37. The number of hydrogen-bond acceptors (Lipinski definition) is 2. The van der Waals surface area contributed by atoms with Crippen LogP contribution in [0, 0.1) is 0 Å². The van der Waals surface area contributed by atoms with E-state index < -0.39 is 15.3 Å². The second-order valence-electron chi connectivity index (χ2n) is 2.64. The second-order valence-corrected chi connectivity index (χ2v) is 4.68. The Morgan fingerprint density at radius 3 is 1.36 bits per heavy atom. The highest BCUT2D eigenvalue weighted by Gasteiger charge is 2.64. The van der Waals surface area contributed by atoms with E-state index >= 15 is 0 Å². The van der Waals surface area contributed by atoms with Crippen LogP contribution in [0.15, 0.2) is 0 Å². The number of halogens is 4. The molecule has 1 rings (SSSR count). The summed E-state index contributed by atoms with van der Waals surface area (Å²) in [5.41, 5.74) is 0. The molecule has 0 saturated carbocycles. The number of alkyl halides is 4. The number of rotatable bonds is 0. The highest BCUT2D eigenvalue weighted by molar-refractivity contribution is 9.12. The summed E-state index contributed by atoms with van der Waals surface area (Å²) in [6, 6.07) is 0.